The van der Waals surface area contributed by atoms with E-state index >= 15 is 0 Å². The molecule has 1 aromatic carbocycles. The summed E-state index contributed by atoms with van der Waals surface area (Å²) in [6.45, 7) is 0.673. The van der Waals surface area contributed by atoms with E-state index in [9.17, 15) is 14.0 Å². The number of rotatable bonds is 7. The summed E-state index contributed by atoms with van der Waals surface area (Å²) >= 11 is 0. The van der Waals surface area contributed by atoms with Gasteiger partial charge in [-0.25, -0.2) is 14.4 Å². The average Bonchev–Trinajstić information content (AvgIpc) is 3.10. The largest absolute Gasteiger partial charge is 0.375 e. The molecule has 1 fully saturated rings. The lowest BCUT2D eigenvalue weighted by atomic mass is 10.0. The highest BCUT2D eigenvalue weighted by molar-refractivity contribution is 5.96. The molecule has 0 bridgehead atoms. The quantitative estimate of drug-likeness (QED) is 0.686. The van der Waals surface area contributed by atoms with Crippen LogP contribution in [0.3, 0.4) is 0 Å². The molecular formula is C21H26FN5O3. The third kappa shape index (κ3) is 4.91. The van der Waals surface area contributed by atoms with Crippen molar-refractivity contribution in [1.82, 2.24) is 14.9 Å². The number of carbonyl (C=O) groups is 2. The van der Waals surface area contributed by atoms with E-state index in [1.54, 1.807) is 24.1 Å². The predicted molar refractivity (Wildman–Crippen MR) is 111 cm³/mol. The van der Waals surface area contributed by atoms with Gasteiger partial charge >= 0.3 is 0 Å². The van der Waals surface area contributed by atoms with Crippen LogP contribution in [-0.2, 0) is 20.9 Å². The Kier molecular flexibility index (Phi) is 6.61. The Morgan fingerprint density at radius 3 is 2.57 bits per heavy atom. The fraction of sp³-hybridized carbons (Fsp3) is 0.429. The minimum atomic E-state index is -0.342. The third-order valence-electron chi connectivity index (χ3n) is 4.99. The summed E-state index contributed by atoms with van der Waals surface area (Å²) in [5, 5.41) is 0. The van der Waals surface area contributed by atoms with Gasteiger partial charge in [-0.1, -0.05) is 0 Å². The van der Waals surface area contributed by atoms with Crippen molar-refractivity contribution in [3.05, 3.63) is 47.7 Å². The van der Waals surface area contributed by atoms with E-state index in [4.69, 9.17) is 4.74 Å². The molecule has 0 spiro atoms. The van der Waals surface area contributed by atoms with E-state index in [1.165, 1.54) is 24.1 Å². The molecule has 1 unspecified atom stereocenters. The molecule has 160 valence electrons. The van der Waals surface area contributed by atoms with Crippen LogP contribution in [0, 0.1) is 5.82 Å². The molecule has 1 aromatic heterocycles. The van der Waals surface area contributed by atoms with Crippen LogP contribution in [0.4, 0.5) is 15.9 Å². The number of nitrogens with zero attached hydrogens (tertiary/aromatic N) is 5. The van der Waals surface area contributed by atoms with Gasteiger partial charge < -0.3 is 19.4 Å². The summed E-state index contributed by atoms with van der Waals surface area (Å²) in [6.07, 6.45) is 0.305. The van der Waals surface area contributed by atoms with Crippen molar-refractivity contribution in [2.24, 2.45) is 0 Å². The maximum Gasteiger partial charge on any atom is 0.248 e. The van der Waals surface area contributed by atoms with Crippen molar-refractivity contribution in [2.45, 2.75) is 18.9 Å². The molecule has 2 amide bonds. The Balaban J connectivity index is 1.84. The van der Waals surface area contributed by atoms with Gasteiger partial charge in [0.25, 0.3) is 0 Å². The number of hydrogen-bond acceptors (Lipinski definition) is 6. The maximum absolute atomic E-state index is 13.2. The van der Waals surface area contributed by atoms with Gasteiger partial charge in [0.1, 0.15) is 24.1 Å². The second kappa shape index (κ2) is 9.17. The molecule has 8 nitrogen and oxygen atoms in total. The first-order chi connectivity index (χ1) is 14.3. The zero-order valence-corrected chi connectivity index (χ0v) is 17.6. The van der Waals surface area contributed by atoms with Gasteiger partial charge in [-0.15, -0.1) is 0 Å². The Morgan fingerprint density at radius 1 is 1.23 bits per heavy atom. The molecule has 1 aliphatic heterocycles. The number of ether oxygens (including phenoxy) is 1. The molecule has 0 radical (unpaired) electrons. The standard InChI is InChI=1S/C21H26FN5O3/c1-25(2)19-10-17(23-18(24-19)12-26(3)21(29)13-30-4)14-9-20(28)27(11-14)16-7-5-15(22)6-8-16/h5-8,10,14H,9,11-13H2,1-4H3. The highest BCUT2D eigenvalue weighted by atomic mass is 19.1. The van der Waals surface area contributed by atoms with E-state index in [2.05, 4.69) is 9.97 Å². The SMILES string of the molecule is COCC(=O)N(C)Cc1nc(C2CC(=O)N(c3ccc(F)cc3)C2)cc(N(C)C)n1. The molecule has 0 saturated carbocycles. The van der Waals surface area contributed by atoms with E-state index in [1.807, 2.05) is 25.1 Å². The molecule has 30 heavy (non-hydrogen) atoms. The Labute approximate surface area is 175 Å². The predicted octanol–water partition coefficient (Wildman–Crippen LogP) is 1.81. The first-order valence-electron chi connectivity index (χ1n) is 9.62. The molecular weight excluding hydrogens is 389 g/mol. The Bertz CT molecular complexity index is 919. The number of amides is 2. The van der Waals surface area contributed by atoms with Gasteiger partial charge in [0.05, 0.1) is 12.2 Å². The van der Waals surface area contributed by atoms with Crippen molar-refractivity contribution in [3.8, 4) is 0 Å². The number of aromatic nitrogens is 2. The van der Waals surface area contributed by atoms with Crippen LogP contribution in [0.2, 0.25) is 0 Å². The molecule has 1 aliphatic rings. The number of benzene rings is 1. The molecule has 2 heterocycles. The number of likely N-dealkylation sites (N-methyl/N-ethyl adjacent to an activating group) is 1. The number of carbonyl (C=O) groups excluding carboxylic acids is 2. The molecule has 2 aromatic rings. The smallest absolute Gasteiger partial charge is 0.248 e. The summed E-state index contributed by atoms with van der Waals surface area (Å²) in [4.78, 5) is 38.8. The fourth-order valence-electron chi connectivity index (χ4n) is 3.32. The van der Waals surface area contributed by atoms with Gasteiger partial charge in [-0.05, 0) is 24.3 Å². The summed E-state index contributed by atoms with van der Waals surface area (Å²) in [5.41, 5.74) is 1.41. The molecule has 3 rings (SSSR count). The van der Waals surface area contributed by atoms with Crippen molar-refractivity contribution in [1.29, 1.82) is 0 Å². The minimum Gasteiger partial charge on any atom is -0.375 e. The molecule has 1 atom stereocenters. The fourth-order valence-corrected chi connectivity index (χ4v) is 3.32. The lowest BCUT2D eigenvalue weighted by Gasteiger charge is -2.20. The average molecular weight is 415 g/mol. The number of hydrogen-bond donors (Lipinski definition) is 0. The third-order valence-corrected chi connectivity index (χ3v) is 4.99. The van der Waals surface area contributed by atoms with Gasteiger partial charge in [-0.3, -0.25) is 9.59 Å². The van der Waals surface area contributed by atoms with E-state index in [0.29, 0.717) is 30.3 Å². The Hall–Kier alpha value is -3.07. The minimum absolute atomic E-state index is 0.0134. The number of anilines is 2. The highest BCUT2D eigenvalue weighted by Gasteiger charge is 2.33. The van der Waals surface area contributed by atoms with Crippen LogP contribution >= 0.6 is 0 Å². The summed E-state index contributed by atoms with van der Waals surface area (Å²) in [6, 6.07) is 7.75. The summed E-state index contributed by atoms with van der Waals surface area (Å²) in [7, 11) is 6.89. The topological polar surface area (TPSA) is 78.9 Å². The van der Waals surface area contributed by atoms with Crippen LogP contribution in [0.15, 0.2) is 30.3 Å². The van der Waals surface area contributed by atoms with E-state index in [-0.39, 0.29) is 36.7 Å². The van der Waals surface area contributed by atoms with E-state index < -0.39 is 0 Å². The monoisotopic (exact) mass is 415 g/mol. The second-order valence-corrected chi connectivity index (χ2v) is 7.53. The maximum atomic E-state index is 13.2. The van der Waals surface area contributed by atoms with E-state index in [0.717, 1.165) is 5.69 Å². The van der Waals surface area contributed by atoms with Gasteiger partial charge in [-0.2, -0.15) is 0 Å². The lowest BCUT2D eigenvalue weighted by Crippen LogP contribution is -2.30. The molecule has 9 heteroatoms. The van der Waals surface area contributed by atoms with Gasteiger partial charge in [0.2, 0.25) is 11.8 Å². The first-order valence-corrected chi connectivity index (χ1v) is 9.62. The van der Waals surface area contributed by atoms with Crippen molar-refractivity contribution < 1.29 is 18.7 Å². The normalized spacial score (nSPS) is 16.1. The Morgan fingerprint density at radius 2 is 1.93 bits per heavy atom. The lowest BCUT2D eigenvalue weighted by molar-refractivity contribution is -0.134. The van der Waals surface area contributed by atoms with Crippen LogP contribution in [-0.4, -0.2) is 68.1 Å². The van der Waals surface area contributed by atoms with Crippen molar-refractivity contribution >= 4 is 23.3 Å². The van der Waals surface area contributed by atoms with Crippen molar-refractivity contribution in [3.63, 3.8) is 0 Å². The van der Waals surface area contributed by atoms with Crippen LogP contribution < -0.4 is 9.80 Å². The zero-order valence-electron chi connectivity index (χ0n) is 17.6. The van der Waals surface area contributed by atoms with Gasteiger partial charge in [0, 0.05) is 58.9 Å². The molecule has 0 aliphatic carbocycles. The van der Waals surface area contributed by atoms with Crippen LogP contribution in [0.5, 0.6) is 0 Å². The summed E-state index contributed by atoms with van der Waals surface area (Å²) < 4.78 is 18.1. The second-order valence-electron chi connectivity index (χ2n) is 7.53. The number of methoxy groups -OCH3 is 1. The number of halogens is 1. The highest BCUT2D eigenvalue weighted by Crippen LogP contribution is 2.32. The van der Waals surface area contributed by atoms with Crippen LogP contribution in [0.1, 0.15) is 23.9 Å². The van der Waals surface area contributed by atoms with Gasteiger partial charge in [0.15, 0.2) is 0 Å². The molecule has 1 saturated heterocycles. The van der Waals surface area contributed by atoms with Crippen LogP contribution in [0.25, 0.3) is 0 Å². The summed E-state index contributed by atoms with van der Waals surface area (Å²) in [5.74, 6) is 0.529. The first kappa shape index (κ1) is 21.6. The molecule has 0 N–H and O–H groups in total. The zero-order chi connectivity index (χ0) is 21.8. The van der Waals surface area contributed by atoms with Crippen molar-refractivity contribution in [2.75, 3.05) is 51.2 Å².